The molecule has 0 spiro atoms. The fraction of sp³-hybridized carbons (Fsp3) is 1.00. The average molecular weight is 199 g/mol. The lowest BCUT2D eigenvalue weighted by Crippen LogP contribution is -2.37. The molecule has 1 aliphatic rings. The zero-order chi connectivity index (χ0) is 9.78. The molecule has 0 saturated carbocycles. The van der Waals surface area contributed by atoms with E-state index in [2.05, 4.69) is 4.84 Å². The molecule has 2 unspecified atom stereocenters. The molecule has 1 fully saturated rings. The average Bonchev–Trinajstić information content (AvgIpc) is 2.38. The largest absolute Gasteiger partial charge is 0.488 e. The van der Waals surface area contributed by atoms with Crippen LogP contribution in [0.1, 0.15) is 0 Å². The highest BCUT2D eigenvalue weighted by atomic mass is 19.4. The normalized spacial score (nSPS) is 36.8. The van der Waals surface area contributed by atoms with Crippen molar-refractivity contribution in [2.75, 3.05) is 0 Å². The smallest absolute Gasteiger partial charge is 0.220 e. The topological polar surface area (TPSA) is 15.5 Å². The first-order valence-electron chi connectivity index (χ1n) is 2.41. The molecule has 0 aromatic carbocycles. The number of rotatable bonds is 0. The molecule has 2 nitrogen and oxygen atoms in total. The summed E-state index contributed by atoms with van der Waals surface area (Å²) in [6, 6.07) is 0. The van der Waals surface area contributed by atoms with Crippen LogP contribution in [0.15, 0.2) is 0 Å². The van der Waals surface area contributed by atoms with Crippen LogP contribution in [0.25, 0.3) is 0 Å². The van der Waals surface area contributed by atoms with E-state index in [-0.39, 0.29) is 0 Å². The van der Waals surface area contributed by atoms with Crippen molar-refractivity contribution < 1.29 is 35.6 Å². The van der Waals surface area contributed by atoms with Crippen LogP contribution in [0.5, 0.6) is 0 Å². The molecule has 0 N–H and O–H groups in total. The van der Waals surface area contributed by atoms with Crippen molar-refractivity contribution in [3.05, 3.63) is 0 Å². The number of hydrogen-bond acceptors (Lipinski definition) is 2. The predicted molar refractivity (Wildman–Crippen MR) is 18.9 cm³/mol. The first-order chi connectivity index (χ1) is 5.09. The second-order valence-electron chi connectivity index (χ2n) is 1.91. The Balaban J connectivity index is 2.73. The lowest BCUT2D eigenvalue weighted by Gasteiger charge is -2.08. The molecule has 2 atom stereocenters. The standard InChI is InChI=1S/C3F7NO/c4-1(5,6)2(7)11(12-2)3(8,9)10. The lowest BCUT2D eigenvalue weighted by molar-refractivity contribution is -0.276. The van der Waals surface area contributed by atoms with Gasteiger partial charge in [0, 0.05) is 0 Å². The second-order valence-corrected chi connectivity index (χ2v) is 1.91. The van der Waals surface area contributed by atoms with Crippen LogP contribution < -0.4 is 0 Å². The predicted octanol–water partition coefficient (Wildman–Crippen LogP) is 1.94. The van der Waals surface area contributed by atoms with Crippen molar-refractivity contribution in [1.29, 1.82) is 0 Å². The van der Waals surface area contributed by atoms with Crippen molar-refractivity contribution in [3.63, 3.8) is 0 Å². The summed E-state index contributed by atoms with van der Waals surface area (Å²) < 4.78 is 80.1. The van der Waals surface area contributed by atoms with Crippen LogP contribution in [0.2, 0.25) is 0 Å². The maximum absolute atomic E-state index is 12.0. The fourth-order valence-electron chi connectivity index (χ4n) is 0.482. The van der Waals surface area contributed by atoms with Crippen LogP contribution in [0.4, 0.5) is 30.7 Å². The van der Waals surface area contributed by atoms with Crippen LogP contribution in [-0.4, -0.2) is 23.5 Å². The zero-order valence-corrected chi connectivity index (χ0v) is 5.00. The molecule has 0 amide bonds. The molecule has 12 heavy (non-hydrogen) atoms. The molecule has 0 aromatic rings. The molecular weight excluding hydrogens is 199 g/mol. The molecule has 1 saturated heterocycles. The Morgan fingerprint density at radius 1 is 1.00 bits per heavy atom. The second kappa shape index (κ2) is 2.02. The Kier molecular flexibility index (Phi) is 1.60. The van der Waals surface area contributed by atoms with Crippen molar-refractivity contribution in [2.45, 2.75) is 18.5 Å². The Morgan fingerprint density at radius 2 is 1.42 bits per heavy atom. The van der Waals surface area contributed by atoms with E-state index >= 15 is 0 Å². The third-order valence-corrected chi connectivity index (χ3v) is 1.02. The van der Waals surface area contributed by atoms with Gasteiger partial charge in [-0.3, -0.25) is 0 Å². The summed E-state index contributed by atoms with van der Waals surface area (Å²) in [6.45, 7) is 0. The van der Waals surface area contributed by atoms with E-state index in [1.54, 1.807) is 0 Å². The van der Waals surface area contributed by atoms with Crippen LogP contribution in [0.3, 0.4) is 0 Å². The number of alkyl halides is 7. The SMILES string of the molecule is FC(F)(F)N1OC1(F)C(F)(F)F. The first-order valence-corrected chi connectivity index (χ1v) is 2.41. The van der Waals surface area contributed by atoms with E-state index in [1.807, 2.05) is 0 Å². The quantitative estimate of drug-likeness (QED) is 0.336. The van der Waals surface area contributed by atoms with Gasteiger partial charge in [-0.2, -0.15) is 30.7 Å². The summed E-state index contributed by atoms with van der Waals surface area (Å²) in [4.78, 5) is 2.75. The highest BCUT2D eigenvalue weighted by Gasteiger charge is 2.83. The fourth-order valence-corrected chi connectivity index (χ4v) is 0.482. The highest BCUT2D eigenvalue weighted by molar-refractivity contribution is 4.85. The van der Waals surface area contributed by atoms with Gasteiger partial charge in [-0.25, -0.2) is 4.84 Å². The van der Waals surface area contributed by atoms with Gasteiger partial charge in [0.05, 0.1) is 0 Å². The van der Waals surface area contributed by atoms with Crippen LogP contribution in [-0.2, 0) is 4.84 Å². The van der Waals surface area contributed by atoms with Crippen molar-refractivity contribution in [1.82, 2.24) is 5.06 Å². The van der Waals surface area contributed by atoms with Gasteiger partial charge in [-0.05, 0) is 5.06 Å². The van der Waals surface area contributed by atoms with E-state index in [9.17, 15) is 30.7 Å². The molecule has 0 radical (unpaired) electrons. The molecular formula is C3F7NO. The minimum Gasteiger partial charge on any atom is -0.220 e. The molecule has 9 heteroatoms. The van der Waals surface area contributed by atoms with Crippen LogP contribution in [0, 0.1) is 0 Å². The van der Waals surface area contributed by atoms with Crippen molar-refractivity contribution in [2.24, 2.45) is 0 Å². The van der Waals surface area contributed by atoms with Gasteiger partial charge in [-0.1, -0.05) is 0 Å². The number of halogens is 7. The molecule has 1 heterocycles. The first kappa shape index (κ1) is 9.52. The van der Waals surface area contributed by atoms with Gasteiger partial charge in [-0.15, -0.1) is 0 Å². The summed E-state index contributed by atoms with van der Waals surface area (Å²) in [6.07, 6.45) is -11.2. The summed E-state index contributed by atoms with van der Waals surface area (Å²) in [7, 11) is 0. The Labute approximate surface area is 60.4 Å². The van der Waals surface area contributed by atoms with E-state index in [1.165, 1.54) is 0 Å². The van der Waals surface area contributed by atoms with E-state index in [0.29, 0.717) is 0 Å². The molecule has 72 valence electrons. The zero-order valence-electron chi connectivity index (χ0n) is 5.00. The summed E-state index contributed by atoms with van der Waals surface area (Å²) in [5, 5.41) is -1.71. The minimum absolute atomic E-state index is 1.71. The molecule has 0 aromatic heterocycles. The summed E-state index contributed by atoms with van der Waals surface area (Å²) in [5.74, 6) is -4.70. The third kappa shape index (κ3) is 1.22. The summed E-state index contributed by atoms with van der Waals surface area (Å²) in [5.41, 5.74) is 0. The van der Waals surface area contributed by atoms with Crippen molar-refractivity contribution in [3.8, 4) is 0 Å². The summed E-state index contributed by atoms with van der Waals surface area (Å²) >= 11 is 0. The Hall–Kier alpha value is -0.570. The van der Waals surface area contributed by atoms with E-state index < -0.39 is 23.5 Å². The van der Waals surface area contributed by atoms with E-state index in [4.69, 9.17) is 0 Å². The third-order valence-electron chi connectivity index (χ3n) is 1.02. The molecule has 1 aliphatic heterocycles. The number of hydroxylamine groups is 2. The Bertz CT molecular complexity index is 196. The van der Waals surface area contributed by atoms with Gasteiger partial charge >= 0.3 is 18.5 Å². The molecule has 0 bridgehead atoms. The Morgan fingerprint density at radius 3 is 1.50 bits per heavy atom. The van der Waals surface area contributed by atoms with Gasteiger partial charge in [0.2, 0.25) is 0 Å². The maximum atomic E-state index is 12.0. The molecule has 1 rings (SSSR count). The van der Waals surface area contributed by atoms with Crippen LogP contribution >= 0.6 is 0 Å². The number of hydrogen-bond donors (Lipinski definition) is 0. The van der Waals surface area contributed by atoms with Crippen molar-refractivity contribution >= 4 is 0 Å². The van der Waals surface area contributed by atoms with Gasteiger partial charge < -0.3 is 0 Å². The van der Waals surface area contributed by atoms with Gasteiger partial charge in [0.1, 0.15) is 0 Å². The number of nitrogens with zero attached hydrogens (tertiary/aromatic N) is 1. The van der Waals surface area contributed by atoms with E-state index in [0.717, 1.165) is 0 Å². The maximum Gasteiger partial charge on any atom is 0.488 e. The van der Waals surface area contributed by atoms with Gasteiger partial charge in [0.25, 0.3) is 0 Å². The monoisotopic (exact) mass is 199 g/mol. The minimum atomic E-state index is -5.71. The molecule has 0 aliphatic carbocycles. The lowest BCUT2D eigenvalue weighted by atomic mass is 10.5. The van der Waals surface area contributed by atoms with Gasteiger partial charge in [0.15, 0.2) is 0 Å². The highest BCUT2D eigenvalue weighted by Crippen LogP contribution is 2.54.